The van der Waals surface area contributed by atoms with Gasteiger partial charge in [-0.1, -0.05) is 72.4 Å². The van der Waals surface area contributed by atoms with Gasteiger partial charge < -0.3 is 5.32 Å². The second-order valence-electron chi connectivity index (χ2n) is 7.40. The van der Waals surface area contributed by atoms with Crippen LogP contribution < -0.4 is 5.32 Å². The molecule has 0 unspecified atom stereocenters. The first-order chi connectivity index (χ1) is 16.2. The Bertz CT molecular complexity index is 1360. The third-order valence-electron chi connectivity index (χ3n) is 4.93. The molecular formula is C25H18F3N3O2S. The lowest BCUT2D eigenvalue weighted by Crippen LogP contribution is -2.20. The number of hydrogen-bond acceptors (Lipinski definition) is 5. The molecule has 4 rings (SSSR count). The molecule has 1 atom stereocenters. The highest BCUT2D eigenvalue weighted by atomic mass is 32.2. The fourth-order valence-electron chi connectivity index (χ4n) is 3.30. The quantitative estimate of drug-likeness (QED) is 0.198. The van der Waals surface area contributed by atoms with E-state index >= 15 is 0 Å². The zero-order valence-corrected chi connectivity index (χ0v) is 18.7. The number of rotatable bonds is 6. The molecule has 3 aromatic carbocycles. The number of aromatic nitrogens is 2. The van der Waals surface area contributed by atoms with Crippen molar-refractivity contribution < 1.29 is 22.8 Å². The smallest absolute Gasteiger partial charge is 0.325 e. The van der Waals surface area contributed by atoms with Crippen molar-refractivity contribution in [1.29, 1.82) is 0 Å². The van der Waals surface area contributed by atoms with Gasteiger partial charge in [-0.05, 0) is 30.7 Å². The molecule has 0 fully saturated rings. The van der Waals surface area contributed by atoms with Crippen LogP contribution in [0.5, 0.6) is 0 Å². The molecule has 0 saturated heterocycles. The maximum absolute atomic E-state index is 13.5. The van der Waals surface area contributed by atoms with Crippen LogP contribution in [0.2, 0.25) is 0 Å². The molecule has 0 spiro atoms. The first kappa shape index (κ1) is 23.4. The summed E-state index contributed by atoms with van der Waals surface area (Å²) in [5.74, 6) is -1.89. The first-order valence-electron chi connectivity index (χ1n) is 10.2. The topological polar surface area (TPSA) is 72.0 Å². The Hall–Kier alpha value is -3.72. The molecule has 34 heavy (non-hydrogen) atoms. The lowest BCUT2D eigenvalue weighted by atomic mass is 10.1. The zero-order chi connectivity index (χ0) is 24.3. The zero-order valence-electron chi connectivity index (χ0n) is 17.8. The summed E-state index contributed by atoms with van der Waals surface area (Å²) in [6, 6.07) is 21.5. The minimum Gasteiger partial charge on any atom is -0.325 e. The number of fused-ring (bicyclic) bond motifs is 1. The Morgan fingerprint density at radius 1 is 0.912 bits per heavy atom. The number of benzene rings is 3. The number of halogens is 3. The van der Waals surface area contributed by atoms with E-state index in [-0.39, 0.29) is 16.3 Å². The molecule has 1 aromatic heterocycles. The van der Waals surface area contributed by atoms with E-state index in [1.54, 1.807) is 72.8 Å². The summed E-state index contributed by atoms with van der Waals surface area (Å²) in [5, 5.41) is 2.31. The Labute approximate surface area is 197 Å². The lowest BCUT2D eigenvalue weighted by Gasteiger charge is -2.18. The highest BCUT2D eigenvalue weighted by Gasteiger charge is 2.36. The summed E-state index contributed by atoms with van der Waals surface area (Å²) in [5.41, 5.74) is 1.55. The summed E-state index contributed by atoms with van der Waals surface area (Å²) < 4.78 is 40.4. The van der Waals surface area contributed by atoms with Crippen LogP contribution in [0.1, 0.15) is 33.9 Å². The second-order valence-corrected chi connectivity index (χ2v) is 8.50. The van der Waals surface area contributed by atoms with Crippen LogP contribution in [0.3, 0.4) is 0 Å². The fourth-order valence-corrected chi connectivity index (χ4v) is 4.42. The molecule has 1 amide bonds. The molecule has 4 aromatic rings. The first-order valence-corrected chi connectivity index (χ1v) is 11.1. The molecule has 0 aliphatic carbocycles. The van der Waals surface area contributed by atoms with Crippen molar-refractivity contribution in [2.45, 2.75) is 23.4 Å². The predicted octanol–water partition coefficient (Wildman–Crippen LogP) is 6.32. The Morgan fingerprint density at radius 2 is 1.62 bits per heavy atom. The normalized spacial score (nSPS) is 12.4. The van der Waals surface area contributed by atoms with E-state index in [0.29, 0.717) is 22.2 Å². The lowest BCUT2D eigenvalue weighted by molar-refractivity contribution is -0.145. The van der Waals surface area contributed by atoms with E-state index in [2.05, 4.69) is 15.3 Å². The van der Waals surface area contributed by atoms with Gasteiger partial charge in [0, 0.05) is 16.6 Å². The van der Waals surface area contributed by atoms with Gasteiger partial charge in [-0.25, -0.2) is 9.97 Å². The standard InChI is InChI=1S/C25H18F3N3O2S/c1-15(32)17-10-7-11-18(14-17)29-22(33)21(16-8-3-2-4-9-16)34-23-19-12-5-6-13-20(19)30-24(31-23)25(26,27)28/h2-14,21H,1H3,(H,29,33)/t21-/m1/s1. The summed E-state index contributed by atoms with van der Waals surface area (Å²) in [6.45, 7) is 1.42. The van der Waals surface area contributed by atoms with Crippen LogP contribution in [0.4, 0.5) is 18.9 Å². The number of para-hydroxylation sites is 1. The Kier molecular flexibility index (Phi) is 6.65. The molecule has 1 N–H and O–H groups in total. The molecule has 0 radical (unpaired) electrons. The molecule has 5 nitrogen and oxygen atoms in total. The van der Waals surface area contributed by atoms with E-state index in [1.165, 1.54) is 13.0 Å². The van der Waals surface area contributed by atoms with Gasteiger partial charge in [-0.3, -0.25) is 9.59 Å². The molecule has 0 aliphatic rings. The minimum absolute atomic E-state index is 0.0411. The third-order valence-corrected chi connectivity index (χ3v) is 6.18. The highest BCUT2D eigenvalue weighted by molar-refractivity contribution is 8.00. The van der Waals surface area contributed by atoms with E-state index in [9.17, 15) is 22.8 Å². The molecule has 0 saturated carbocycles. The number of carbonyl (C=O) groups excluding carboxylic acids is 2. The molecule has 172 valence electrons. The van der Waals surface area contributed by atoms with Gasteiger partial charge in [0.05, 0.1) is 5.52 Å². The summed E-state index contributed by atoms with van der Waals surface area (Å²) in [4.78, 5) is 32.4. The van der Waals surface area contributed by atoms with Crippen LogP contribution in [-0.2, 0) is 11.0 Å². The van der Waals surface area contributed by atoms with E-state index in [0.717, 1.165) is 11.8 Å². The van der Waals surface area contributed by atoms with Crippen LogP contribution >= 0.6 is 11.8 Å². The van der Waals surface area contributed by atoms with Gasteiger partial charge in [0.2, 0.25) is 11.7 Å². The Balaban J connectivity index is 1.75. The Morgan fingerprint density at radius 3 is 2.32 bits per heavy atom. The summed E-state index contributed by atoms with van der Waals surface area (Å²) >= 11 is 0.909. The average molecular weight is 481 g/mol. The van der Waals surface area contributed by atoms with Crippen LogP contribution in [0, 0.1) is 0 Å². The van der Waals surface area contributed by atoms with Crippen molar-refractivity contribution in [3.8, 4) is 0 Å². The predicted molar refractivity (Wildman–Crippen MR) is 125 cm³/mol. The van der Waals surface area contributed by atoms with E-state index in [1.807, 2.05) is 0 Å². The molecule has 1 heterocycles. The summed E-state index contributed by atoms with van der Waals surface area (Å²) in [6.07, 6.45) is -4.74. The van der Waals surface area contributed by atoms with Crippen molar-refractivity contribution in [2.24, 2.45) is 0 Å². The maximum Gasteiger partial charge on any atom is 0.451 e. The largest absolute Gasteiger partial charge is 0.451 e. The van der Waals surface area contributed by atoms with Crippen LogP contribution in [0.15, 0.2) is 83.9 Å². The number of thioether (sulfide) groups is 1. The van der Waals surface area contributed by atoms with Gasteiger partial charge in [-0.2, -0.15) is 13.2 Å². The number of nitrogens with one attached hydrogen (secondary N) is 1. The van der Waals surface area contributed by atoms with Crippen molar-refractivity contribution in [3.63, 3.8) is 0 Å². The van der Waals surface area contributed by atoms with Crippen molar-refractivity contribution in [1.82, 2.24) is 9.97 Å². The van der Waals surface area contributed by atoms with Crippen LogP contribution in [0.25, 0.3) is 10.9 Å². The van der Waals surface area contributed by atoms with Gasteiger partial charge in [0.15, 0.2) is 5.78 Å². The number of Topliss-reactive ketones (excluding diaryl/α,β-unsaturated/α-hetero) is 1. The van der Waals surface area contributed by atoms with Gasteiger partial charge in [0.25, 0.3) is 0 Å². The molecular weight excluding hydrogens is 463 g/mol. The number of ketones is 1. The third kappa shape index (κ3) is 5.26. The maximum atomic E-state index is 13.5. The fraction of sp³-hybridized carbons (Fsp3) is 0.120. The second kappa shape index (κ2) is 9.64. The van der Waals surface area contributed by atoms with Crippen molar-refractivity contribution in [2.75, 3.05) is 5.32 Å². The van der Waals surface area contributed by atoms with E-state index in [4.69, 9.17) is 0 Å². The van der Waals surface area contributed by atoms with E-state index < -0.39 is 23.2 Å². The average Bonchev–Trinajstić information content (AvgIpc) is 2.82. The van der Waals surface area contributed by atoms with Gasteiger partial charge in [0.1, 0.15) is 10.3 Å². The number of anilines is 1. The van der Waals surface area contributed by atoms with Crippen molar-refractivity contribution >= 4 is 40.0 Å². The SMILES string of the molecule is CC(=O)c1cccc(NC(=O)[C@H](Sc2nc(C(F)(F)F)nc3ccccc23)c2ccccc2)c1. The number of hydrogen-bond donors (Lipinski definition) is 1. The van der Waals surface area contributed by atoms with Crippen molar-refractivity contribution in [3.05, 3.63) is 95.8 Å². The summed E-state index contributed by atoms with van der Waals surface area (Å²) in [7, 11) is 0. The molecule has 0 bridgehead atoms. The van der Waals surface area contributed by atoms with Gasteiger partial charge >= 0.3 is 6.18 Å². The minimum atomic E-state index is -4.74. The monoisotopic (exact) mass is 481 g/mol. The number of amides is 1. The molecule has 0 aliphatic heterocycles. The molecule has 9 heteroatoms. The number of carbonyl (C=O) groups is 2. The number of nitrogens with zero attached hydrogens (tertiary/aromatic N) is 2. The highest BCUT2D eigenvalue weighted by Crippen LogP contribution is 2.40. The van der Waals surface area contributed by atoms with Crippen LogP contribution in [-0.4, -0.2) is 21.7 Å². The van der Waals surface area contributed by atoms with Gasteiger partial charge in [-0.15, -0.1) is 0 Å². The number of alkyl halides is 3.